The van der Waals surface area contributed by atoms with Gasteiger partial charge in [-0.3, -0.25) is 4.99 Å². The second-order valence-corrected chi connectivity index (χ2v) is 9.29. The summed E-state index contributed by atoms with van der Waals surface area (Å²) < 4.78 is 5.68. The maximum absolute atomic E-state index is 5.68. The Morgan fingerprint density at radius 2 is 2.07 bits per heavy atom. The Bertz CT molecular complexity index is 1010. The lowest BCUT2D eigenvalue weighted by molar-refractivity contribution is 0.316. The Labute approximate surface area is 179 Å². The van der Waals surface area contributed by atoms with Crippen molar-refractivity contribution in [3.63, 3.8) is 0 Å². The number of nitrogens with zero attached hydrogens (tertiary/aromatic N) is 2. The molecule has 0 saturated carbocycles. The lowest BCUT2D eigenvalue weighted by Gasteiger charge is -2.38. The molecule has 0 bridgehead atoms. The highest BCUT2D eigenvalue weighted by molar-refractivity contribution is 5.74. The van der Waals surface area contributed by atoms with Crippen LogP contribution in [0.1, 0.15) is 37.7 Å². The second kappa shape index (κ2) is 7.30. The van der Waals surface area contributed by atoms with E-state index in [2.05, 4.69) is 58.5 Å². The molecule has 1 fully saturated rings. The monoisotopic (exact) mass is 398 g/mol. The lowest BCUT2D eigenvalue weighted by atomic mass is 9.73. The molecular formula is C27H30N2O. The van der Waals surface area contributed by atoms with E-state index in [4.69, 9.17) is 4.74 Å². The predicted octanol–water partition coefficient (Wildman–Crippen LogP) is 5.47. The second-order valence-electron chi connectivity index (χ2n) is 9.29. The van der Waals surface area contributed by atoms with Crippen LogP contribution < -0.4 is 4.74 Å². The van der Waals surface area contributed by atoms with Crippen molar-refractivity contribution in [1.29, 1.82) is 0 Å². The van der Waals surface area contributed by atoms with E-state index in [9.17, 15) is 0 Å². The van der Waals surface area contributed by atoms with Gasteiger partial charge in [0, 0.05) is 36.0 Å². The van der Waals surface area contributed by atoms with Crippen LogP contribution in [0.2, 0.25) is 0 Å². The van der Waals surface area contributed by atoms with Crippen molar-refractivity contribution in [2.75, 3.05) is 13.7 Å². The topological polar surface area (TPSA) is 24.8 Å². The first kappa shape index (κ1) is 18.2. The van der Waals surface area contributed by atoms with Crippen LogP contribution in [0, 0.1) is 17.8 Å². The van der Waals surface area contributed by atoms with Crippen LogP contribution in [-0.4, -0.2) is 30.8 Å². The first-order valence-electron chi connectivity index (χ1n) is 11.6. The van der Waals surface area contributed by atoms with Crippen molar-refractivity contribution < 1.29 is 4.74 Å². The molecule has 1 aromatic carbocycles. The summed E-state index contributed by atoms with van der Waals surface area (Å²) in [5.41, 5.74) is 7.75. The summed E-state index contributed by atoms with van der Waals surface area (Å²) in [7, 11) is 1.79. The molecule has 4 atom stereocenters. The number of allylic oxidation sites excluding steroid dienone is 5. The first-order valence-corrected chi connectivity index (χ1v) is 11.6. The van der Waals surface area contributed by atoms with Gasteiger partial charge in [-0.05, 0) is 73.3 Å². The number of para-hydroxylation sites is 1. The normalized spacial score (nSPS) is 31.4. The zero-order chi connectivity index (χ0) is 20.1. The molecule has 2 unspecified atom stereocenters. The number of ether oxygens (including phenoxy) is 1. The summed E-state index contributed by atoms with van der Waals surface area (Å²) in [5, 5.41) is 0. The fraction of sp³-hybridized carbons (Fsp3) is 0.444. The third kappa shape index (κ3) is 2.74. The molecule has 0 aromatic heterocycles. The molecule has 3 heterocycles. The number of fused-ring (bicyclic) bond motifs is 5. The molecule has 3 nitrogen and oxygen atoms in total. The number of dihydropyridines is 1. The van der Waals surface area contributed by atoms with Gasteiger partial charge < -0.3 is 9.64 Å². The molecule has 2 aliphatic carbocycles. The minimum absolute atomic E-state index is 0.512. The number of hydrogen-bond acceptors (Lipinski definition) is 3. The van der Waals surface area contributed by atoms with Crippen LogP contribution in [0.3, 0.4) is 0 Å². The van der Waals surface area contributed by atoms with Gasteiger partial charge >= 0.3 is 0 Å². The van der Waals surface area contributed by atoms with E-state index >= 15 is 0 Å². The summed E-state index contributed by atoms with van der Waals surface area (Å²) in [6, 6.07) is 9.08. The largest absolute Gasteiger partial charge is 0.496 e. The van der Waals surface area contributed by atoms with Gasteiger partial charge in [-0.1, -0.05) is 36.4 Å². The van der Waals surface area contributed by atoms with Crippen molar-refractivity contribution in [3.8, 4) is 5.75 Å². The molecule has 0 N–H and O–H groups in total. The van der Waals surface area contributed by atoms with Gasteiger partial charge in [-0.15, -0.1) is 0 Å². The van der Waals surface area contributed by atoms with Gasteiger partial charge in [-0.2, -0.15) is 0 Å². The van der Waals surface area contributed by atoms with Gasteiger partial charge in [0.1, 0.15) is 5.75 Å². The molecular weight excluding hydrogens is 368 g/mol. The van der Waals surface area contributed by atoms with Crippen LogP contribution >= 0.6 is 0 Å². The number of methoxy groups -OCH3 is 1. The lowest BCUT2D eigenvalue weighted by Crippen LogP contribution is -2.35. The minimum atomic E-state index is 0.512. The van der Waals surface area contributed by atoms with Crippen LogP contribution in [0.4, 0.5) is 0 Å². The van der Waals surface area contributed by atoms with Crippen molar-refractivity contribution in [2.45, 2.75) is 44.6 Å². The van der Waals surface area contributed by atoms with E-state index in [-0.39, 0.29) is 0 Å². The van der Waals surface area contributed by atoms with Crippen LogP contribution in [0.25, 0.3) is 0 Å². The van der Waals surface area contributed by atoms with E-state index in [1.165, 1.54) is 42.5 Å². The highest BCUT2D eigenvalue weighted by Crippen LogP contribution is 2.55. The SMILES string of the molecule is COc1ccccc1CC1CC[C@H]2C3=C1CC=C1C=CCCC1N3C1=CC=NC[C@@H]12. The minimum Gasteiger partial charge on any atom is -0.496 e. The molecule has 3 aliphatic heterocycles. The van der Waals surface area contributed by atoms with Gasteiger partial charge in [0.15, 0.2) is 0 Å². The Hall–Kier alpha value is -2.55. The molecule has 0 spiro atoms. The summed E-state index contributed by atoms with van der Waals surface area (Å²) >= 11 is 0. The molecule has 6 rings (SSSR count). The summed E-state index contributed by atoms with van der Waals surface area (Å²) in [6.07, 6.45) is 18.8. The Morgan fingerprint density at radius 3 is 3.00 bits per heavy atom. The van der Waals surface area contributed by atoms with E-state index in [0.717, 1.165) is 25.1 Å². The number of benzene rings is 1. The molecule has 0 radical (unpaired) electrons. The van der Waals surface area contributed by atoms with E-state index in [1.807, 2.05) is 6.21 Å². The fourth-order valence-corrected chi connectivity index (χ4v) is 6.56. The smallest absolute Gasteiger partial charge is 0.122 e. The molecule has 154 valence electrons. The molecule has 5 aliphatic rings. The summed E-state index contributed by atoms with van der Waals surface area (Å²) in [5.74, 6) is 2.85. The van der Waals surface area contributed by atoms with Gasteiger partial charge in [0.2, 0.25) is 0 Å². The van der Waals surface area contributed by atoms with Gasteiger partial charge in [-0.25, -0.2) is 0 Å². The Morgan fingerprint density at radius 1 is 1.13 bits per heavy atom. The zero-order valence-electron chi connectivity index (χ0n) is 17.8. The van der Waals surface area contributed by atoms with Gasteiger partial charge in [0.05, 0.1) is 13.2 Å². The zero-order valence-corrected chi connectivity index (χ0v) is 17.8. The van der Waals surface area contributed by atoms with Crippen LogP contribution in [0.5, 0.6) is 5.75 Å². The van der Waals surface area contributed by atoms with E-state index < -0.39 is 0 Å². The number of hydrogen-bond donors (Lipinski definition) is 0. The summed E-state index contributed by atoms with van der Waals surface area (Å²) in [6.45, 7) is 0.961. The molecule has 30 heavy (non-hydrogen) atoms. The third-order valence-corrected chi connectivity index (χ3v) is 7.89. The molecule has 3 heteroatoms. The molecule has 1 aromatic rings. The average molecular weight is 399 g/mol. The predicted molar refractivity (Wildman–Crippen MR) is 122 cm³/mol. The average Bonchev–Trinajstić information content (AvgIpc) is 3.02. The Balaban J connectivity index is 1.45. The molecule has 0 amide bonds. The van der Waals surface area contributed by atoms with Crippen molar-refractivity contribution in [3.05, 3.63) is 76.7 Å². The van der Waals surface area contributed by atoms with E-state index in [0.29, 0.717) is 23.8 Å². The highest BCUT2D eigenvalue weighted by atomic mass is 16.5. The number of aliphatic imine (C=N–C) groups is 1. The maximum Gasteiger partial charge on any atom is 0.122 e. The van der Waals surface area contributed by atoms with Gasteiger partial charge in [0.25, 0.3) is 0 Å². The molecule has 1 saturated heterocycles. The first-order chi connectivity index (χ1) is 14.8. The van der Waals surface area contributed by atoms with Crippen LogP contribution in [-0.2, 0) is 6.42 Å². The number of rotatable bonds is 3. The fourth-order valence-electron chi connectivity index (χ4n) is 6.56. The maximum atomic E-state index is 5.68. The quantitative estimate of drug-likeness (QED) is 0.675. The van der Waals surface area contributed by atoms with E-state index in [1.54, 1.807) is 18.4 Å². The van der Waals surface area contributed by atoms with Crippen molar-refractivity contribution in [1.82, 2.24) is 4.90 Å². The van der Waals surface area contributed by atoms with Crippen LogP contribution in [0.15, 0.2) is 76.1 Å². The Kier molecular flexibility index (Phi) is 4.44. The standard InChI is InChI=1S/C27H30N2O/c1-30-26-9-5-3-7-20(26)16-19-11-13-22-23-17-28-15-14-25(23)29-24-8-4-2-6-18(24)10-12-21(19)27(22)29/h2-3,5-7,9-10,14-15,19,22-24H,4,8,11-13,16-17H2,1H3/t19?,22-,23-,24?/m1/s1. The highest BCUT2D eigenvalue weighted by Gasteiger charge is 2.49. The van der Waals surface area contributed by atoms with Crippen molar-refractivity contribution >= 4 is 6.21 Å². The van der Waals surface area contributed by atoms with Crippen molar-refractivity contribution in [2.24, 2.45) is 22.7 Å². The third-order valence-electron chi connectivity index (χ3n) is 7.89. The summed E-state index contributed by atoms with van der Waals surface area (Å²) in [4.78, 5) is 7.44.